The molecule has 0 saturated carbocycles. The van der Waals surface area contributed by atoms with Gasteiger partial charge in [-0.3, -0.25) is 15.7 Å². The highest BCUT2D eigenvalue weighted by atomic mass is 16.5. The van der Waals surface area contributed by atoms with Crippen molar-refractivity contribution in [2.24, 2.45) is 4.99 Å². The quantitative estimate of drug-likeness (QED) is 0.363. The number of methoxy groups -OCH3 is 1. The number of amidine groups is 1. The van der Waals surface area contributed by atoms with Crippen molar-refractivity contribution >= 4 is 5.84 Å². The van der Waals surface area contributed by atoms with Gasteiger partial charge in [-0.25, -0.2) is 4.98 Å². The highest BCUT2D eigenvalue weighted by Gasteiger charge is 2.05. The van der Waals surface area contributed by atoms with Crippen LogP contribution in [0, 0.1) is 0 Å². The fourth-order valence-corrected chi connectivity index (χ4v) is 2.59. The average Bonchev–Trinajstić information content (AvgIpc) is 2.76. The molecular formula is C22H23N3O3. The van der Waals surface area contributed by atoms with Crippen LogP contribution in [0.5, 0.6) is 17.4 Å². The van der Waals surface area contributed by atoms with E-state index in [0.717, 1.165) is 23.5 Å². The Hall–Kier alpha value is -3.38. The summed E-state index contributed by atoms with van der Waals surface area (Å²) in [5.74, 6) is 2.33. The first-order valence-corrected chi connectivity index (χ1v) is 9.02. The first-order chi connectivity index (χ1) is 13.7. The van der Waals surface area contributed by atoms with Crippen molar-refractivity contribution in [2.75, 3.05) is 7.11 Å². The Bertz CT molecular complexity index is 905. The van der Waals surface area contributed by atoms with Crippen LogP contribution in [0.15, 0.2) is 71.9 Å². The van der Waals surface area contributed by atoms with Crippen LogP contribution in [0.4, 0.5) is 0 Å². The summed E-state index contributed by atoms with van der Waals surface area (Å²) in [6, 6.07) is 19.0. The Labute approximate surface area is 164 Å². The molecule has 0 atom stereocenters. The average molecular weight is 377 g/mol. The fraction of sp³-hybridized carbons (Fsp3) is 0.182. The molecule has 144 valence electrons. The number of pyridine rings is 1. The number of nitrogens with one attached hydrogen (secondary N) is 1. The fourth-order valence-electron chi connectivity index (χ4n) is 2.59. The van der Waals surface area contributed by atoms with Crippen LogP contribution in [0.2, 0.25) is 0 Å². The van der Waals surface area contributed by atoms with E-state index in [-0.39, 0.29) is 0 Å². The highest BCUT2D eigenvalue weighted by Crippen LogP contribution is 2.20. The SMILES string of the molecule is CCc1ccc(Oc2ccc(C(=NCc3ccc(OC)cc3)NO)cn2)cc1. The summed E-state index contributed by atoms with van der Waals surface area (Å²) in [7, 11) is 1.63. The highest BCUT2D eigenvalue weighted by molar-refractivity contribution is 5.97. The molecule has 0 aliphatic heterocycles. The van der Waals surface area contributed by atoms with Gasteiger partial charge in [-0.15, -0.1) is 0 Å². The zero-order valence-electron chi connectivity index (χ0n) is 15.9. The summed E-state index contributed by atoms with van der Waals surface area (Å²) in [5.41, 5.74) is 5.04. The lowest BCUT2D eigenvalue weighted by Gasteiger charge is -2.08. The van der Waals surface area contributed by atoms with Crippen LogP contribution in [-0.2, 0) is 13.0 Å². The van der Waals surface area contributed by atoms with E-state index in [1.807, 2.05) is 48.5 Å². The molecule has 3 rings (SSSR count). The van der Waals surface area contributed by atoms with Crippen molar-refractivity contribution in [3.8, 4) is 17.4 Å². The molecule has 2 N–H and O–H groups in total. The summed E-state index contributed by atoms with van der Waals surface area (Å²) in [5, 5.41) is 9.43. The van der Waals surface area contributed by atoms with Gasteiger partial charge in [0.05, 0.1) is 13.7 Å². The van der Waals surface area contributed by atoms with Crippen LogP contribution in [0.1, 0.15) is 23.6 Å². The molecule has 0 radical (unpaired) electrons. The first kappa shape index (κ1) is 19.4. The second kappa shape index (κ2) is 9.53. The summed E-state index contributed by atoms with van der Waals surface area (Å²) >= 11 is 0. The van der Waals surface area contributed by atoms with Gasteiger partial charge in [0.25, 0.3) is 0 Å². The molecule has 0 fully saturated rings. The molecule has 0 amide bonds. The number of aliphatic imine (C=N–C) groups is 1. The standard InChI is InChI=1S/C22H23N3O3/c1-3-16-4-11-20(12-5-16)28-21-13-8-18(15-23-21)22(25-26)24-14-17-6-9-19(27-2)10-7-17/h4-13,15,26H,3,14H2,1-2H3,(H,24,25). The summed E-state index contributed by atoms with van der Waals surface area (Å²) < 4.78 is 10.9. The normalized spacial score (nSPS) is 11.2. The number of ether oxygens (including phenoxy) is 2. The predicted molar refractivity (Wildman–Crippen MR) is 108 cm³/mol. The Kier molecular flexibility index (Phi) is 6.59. The minimum atomic E-state index is 0.335. The topological polar surface area (TPSA) is 76.0 Å². The van der Waals surface area contributed by atoms with E-state index < -0.39 is 0 Å². The van der Waals surface area contributed by atoms with Crippen molar-refractivity contribution in [3.63, 3.8) is 0 Å². The predicted octanol–water partition coefficient (Wildman–Crippen LogP) is 4.37. The number of aryl methyl sites for hydroxylation is 1. The number of aromatic nitrogens is 1. The zero-order valence-corrected chi connectivity index (χ0v) is 15.9. The molecule has 0 saturated heterocycles. The van der Waals surface area contributed by atoms with Crippen LogP contribution < -0.4 is 15.0 Å². The van der Waals surface area contributed by atoms with Gasteiger partial charge in [0.1, 0.15) is 11.5 Å². The van der Waals surface area contributed by atoms with Crippen molar-refractivity contribution < 1.29 is 14.7 Å². The number of benzene rings is 2. The van der Waals surface area contributed by atoms with Gasteiger partial charge in [0.2, 0.25) is 5.88 Å². The molecule has 1 heterocycles. The molecule has 0 spiro atoms. The smallest absolute Gasteiger partial charge is 0.219 e. The van der Waals surface area contributed by atoms with Gasteiger partial charge >= 0.3 is 0 Å². The summed E-state index contributed by atoms with van der Waals surface area (Å²) in [4.78, 5) is 8.70. The lowest BCUT2D eigenvalue weighted by Crippen LogP contribution is -2.20. The van der Waals surface area contributed by atoms with Crippen LogP contribution in [0.25, 0.3) is 0 Å². The van der Waals surface area contributed by atoms with Crippen molar-refractivity contribution in [3.05, 3.63) is 83.6 Å². The van der Waals surface area contributed by atoms with E-state index in [2.05, 4.69) is 22.4 Å². The molecular weight excluding hydrogens is 354 g/mol. The van der Waals surface area contributed by atoms with E-state index in [9.17, 15) is 5.21 Å². The van der Waals surface area contributed by atoms with Crippen molar-refractivity contribution in [1.29, 1.82) is 0 Å². The number of hydrogen-bond donors (Lipinski definition) is 2. The third kappa shape index (κ3) is 5.08. The van der Waals surface area contributed by atoms with Gasteiger partial charge in [-0.1, -0.05) is 31.2 Å². The summed E-state index contributed by atoms with van der Waals surface area (Å²) in [6.07, 6.45) is 2.59. The van der Waals surface area contributed by atoms with Gasteiger partial charge in [-0.05, 0) is 47.9 Å². The lowest BCUT2D eigenvalue weighted by molar-refractivity contribution is 0.234. The van der Waals surface area contributed by atoms with Crippen LogP contribution in [0.3, 0.4) is 0 Å². The molecule has 6 nitrogen and oxygen atoms in total. The summed E-state index contributed by atoms with van der Waals surface area (Å²) in [6.45, 7) is 2.52. The first-order valence-electron chi connectivity index (χ1n) is 9.02. The van der Waals surface area contributed by atoms with Crippen molar-refractivity contribution in [2.45, 2.75) is 19.9 Å². The maximum Gasteiger partial charge on any atom is 0.219 e. The Balaban J connectivity index is 1.66. The third-order valence-electron chi connectivity index (χ3n) is 4.25. The molecule has 0 unspecified atom stereocenters. The largest absolute Gasteiger partial charge is 0.497 e. The van der Waals surface area contributed by atoms with Crippen molar-refractivity contribution in [1.82, 2.24) is 10.5 Å². The number of rotatable bonds is 7. The zero-order chi connectivity index (χ0) is 19.8. The molecule has 0 aliphatic rings. The van der Waals surface area contributed by atoms with E-state index in [1.165, 1.54) is 5.56 Å². The third-order valence-corrected chi connectivity index (χ3v) is 4.25. The monoisotopic (exact) mass is 377 g/mol. The number of nitrogens with zero attached hydrogens (tertiary/aromatic N) is 2. The molecule has 6 heteroatoms. The van der Waals surface area contributed by atoms with Gasteiger partial charge in [0, 0.05) is 17.8 Å². The molecule has 0 bridgehead atoms. The maximum absolute atomic E-state index is 9.43. The second-order valence-corrected chi connectivity index (χ2v) is 6.11. The van der Waals surface area contributed by atoms with Gasteiger partial charge in [0.15, 0.2) is 5.84 Å². The molecule has 28 heavy (non-hydrogen) atoms. The minimum absolute atomic E-state index is 0.335. The van der Waals surface area contributed by atoms with E-state index in [1.54, 1.807) is 25.4 Å². The second-order valence-electron chi connectivity index (χ2n) is 6.11. The van der Waals surface area contributed by atoms with E-state index >= 15 is 0 Å². The van der Waals surface area contributed by atoms with E-state index in [4.69, 9.17) is 9.47 Å². The minimum Gasteiger partial charge on any atom is -0.497 e. The Morgan fingerprint density at radius 3 is 2.21 bits per heavy atom. The maximum atomic E-state index is 9.43. The Morgan fingerprint density at radius 2 is 1.64 bits per heavy atom. The molecule has 1 aromatic heterocycles. The van der Waals surface area contributed by atoms with Crippen LogP contribution in [-0.4, -0.2) is 23.1 Å². The Morgan fingerprint density at radius 1 is 0.964 bits per heavy atom. The van der Waals surface area contributed by atoms with Gasteiger partial charge in [-0.2, -0.15) is 0 Å². The van der Waals surface area contributed by atoms with Crippen LogP contribution >= 0.6 is 0 Å². The number of hydrogen-bond acceptors (Lipinski definition) is 5. The van der Waals surface area contributed by atoms with Gasteiger partial charge < -0.3 is 9.47 Å². The van der Waals surface area contributed by atoms with E-state index in [0.29, 0.717) is 23.8 Å². The molecule has 0 aliphatic carbocycles. The molecule has 2 aromatic carbocycles. The molecule has 3 aromatic rings. The number of hydroxylamine groups is 1. The lowest BCUT2D eigenvalue weighted by atomic mass is 10.2.